The van der Waals surface area contributed by atoms with Gasteiger partial charge < -0.3 is 20.4 Å². The van der Waals surface area contributed by atoms with E-state index in [0.717, 1.165) is 19.3 Å². The second kappa shape index (κ2) is 7.47. The average Bonchev–Trinajstić information content (AvgIpc) is 2.55. The van der Waals surface area contributed by atoms with Gasteiger partial charge in [-0.25, -0.2) is 9.59 Å². The van der Waals surface area contributed by atoms with Gasteiger partial charge in [-0.3, -0.25) is 0 Å². The van der Waals surface area contributed by atoms with E-state index < -0.39 is 17.6 Å². The molecular formula is C14H26N2O4. The van der Waals surface area contributed by atoms with E-state index in [1.807, 2.05) is 6.92 Å². The van der Waals surface area contributed by atoms with Crippen molar-refractivity contribution < 1.29 is 19.8 Å². The van der Waals surface area contributed by atoms with Gasteiger partial charge in [0.05, 0.1) is 5.60 Å². The summed E-state index contributed by atoms with van der Waals surface area (Å²) in [5.74, 6) is -0.992. The fourth-order valence-corrected chi connectivity index (χ4v) is 2.37. The molecule has 0 aliphatic carbocycles. The van der Waals surface area contributed by atoms with E-state index in [-0.39, 0.29) is 6.03 Å². The van der Waals surface area contributed by atoms with Crippen LogP contribution in [0.3, 0.4) is 0 Å². The third kappa shape index (κ3) is 5.36. The van der Waals surface area contributed by atoms with Crippen LogP contribution >= 0.6 is 0 Å². The molecule has 0 bridgehead atoms. The van der Waals surface area contributed by atoms with Crippen molar-refractivity contribution in [1.82, 2.24) is 10.2 Å². The van der Waals surface area contributed by atoms with Gasteiger partial charge in [-0.15, -0.1) is 0 Å². The molecule has 2 unspecified atom stereocenters. The molecule has 0 saturated carbocycles. The highest BCUT2D eigenvalue weighted by Crippen LogP contribution is 2.21. The molecule has 0 aromatic rings. The number of aliphatic carboxylic acids is 1. The first-order valence-corrected chi connectivity index (χ1v) is 7.36. The van der Waals surface area contributed by atoms with E-state index in [2.05, 4.69) is 5.32 Å². The van der Waals surface area contributed by atoms with Crippen molar-refractivity contribution in [2.24, 2.45) is 0 Å². The maximum absolute atomic E-state index is 12.1. The van der Waals surface area contributed by atoms with Crippen LogP contribution < -0.4 is 5.32 Å². The van der Waals surface area contributed by atoms with E-state index >= 15 is 0 Å². The molecule has 2 amide bonds. The Morgan fingerprint density at radius 3 is 2.65 bits per heavy atom. The Balaban J connectivity index is 2.53. The number of hydrogen-bond donors (Lipinski definition) is 3. The predicted octanol–water partition coefficient (Wildman–Crippen LogP) is 1.58. The molecule has 1 aliphatic rings. The van der Waals surface area contributed by atoms with Crippen LogP contribution in [-0.4, -0.2) is 51.8 Å². The molecule has 2 atom stereocenters. The first-order chi connectivity index (χ1) is 9.35. The lowest BCUT2D eigenvalue weighted by atomic mass is 9.98. The molecule has 0 radical (unpaired) electrons. The minimum absolute atomic E-state index is 0.341. The third-order valence-corrected chi connectivity index (χ3v) is 3.79. The average molecular weight is 286 g/mol. The van der Waals surface area contributed by atoms with Crippen LogP contribution in [0.25, 0.3) is 0 Å². The number of carbonyl (C=O) groups is 2. The number of aliphatic hydroxyl groups is 1. The highest BCUT2D eigenvalue weighted by molar-refractivity contribution is 5.82. The lowest BCUT2D eigenvalue weighted by Gasteiger charge is -2.24. The molecule has 1 rings (SSSR count). The molecule has 0 aromatic heterocycles. The zero-order chi connectivity index (χ0) is 15.2. The van der Waals surface area contributed by atoms with Gasteiger partial charge in [0, 0.05) is 13.1 Å². The number of nitrogens with zero attached hydrogens (tertiary/aromatic N) is 1. The summed E-state index contributed by atoms with van der Waals surface area (Å²) in [7, 11) is 0. The number of urea groups is 1. The molecule has 0 aromatic carbocycles. The van der Waals surface area contributed by atoms with Crippen molar-refractivity contribution >= 4 is 12.0 Å². The molecule has 6 nitrogen and oxygen atoms in total. The van der Waals surface area contributed by atoms with Crippen LogP contribution in [0.5, 0.6) is 0 Å². The Hall–Kier alpha value is -1.30. The molecule has 1 aliphatic heterocycles. The monoisotopic (exact) mass is 286 g/mol. The standard InChI is InChI=1S/C14H26N2O4/c1-3-4-6-11(12(17)18)15-13(19)16-9-5-7-14(2,20)8-10-16/h11,20H,3-10H2,1-2H3,(H,15,19)(H,17,18). The number of carboxylic acid groups (broad SMARTS) is 1. The number of likely N-dealkylation sites (tertiary alicyclic amines) is 1. The van der Waals surface area contributed by atoms with Gasteiger partial charge in [0.15, 0.2) is 0 Å². The molecule has 20 heavy (non-hydrogen) atoms. The summed E-state index contributed by atoms with van der Waals surface area (Å²) in [6, 6.07) is -1.17. The Morgan fingerprint density at radius 1 is 1.35 bits per heavy atom. The topological polar surface area (TPSA) is 89.9 Å². The number of carboxylic acids is 1. The fraction of sp³-hybridized carbons (Fsp3) is 0.857. The zero-order valence-electron chi connectivity index (χ0n) is 12.4. The molecule has 116 valence electrons. The summed E-state index contributed by atoms with van der Waals surface area (Å²) in [6.07, 6.45) is 4.02. The highest BCUT2D eigenvalue weighted by atomic mass is 16.4. The number of nitrogens with one attached hydrogen (secondary N) is 1. The Bertz CT molecular complexity index is 344. The first-order valence-electron chi connectivity index (χ1n) is 7.36. The lowest BCUT2D eigenvalue weighted by Crippen LogP contribution is -2.48. The highest BCUT2D eigenvalue weighted by Gasteiger charge is 2.28. The quantitative estimate of drug-likeness (QED) is 0.715. The second-order valence-corrected chi connectivity index (χ2v) is 5.82. The van der Waals surface area contributed by atoms with Crippen LogP contribution in [0, 0.1) is 0 Å². The van der Waals surface area contributed by atoms with E-state index in [1.54, 1.807) is 11.8 Å². The van der Waals surface area contributed by atoms with Crippen LogP contribution in [-0.2, 0) is 4.79 Å². The summed E-state index contributed by atoms with van der Waals surface area (Å²) in [5, 5.41) is 21.7. The summed E-state index contributed by atoms with van der Waals surface area (Å²) >= 11 is 0. The van der Waals surface area contributed by atoms with E-state index in [0.29, 0.717) is 32.4 Å². The van der Waals surface area contributed by atoms with Gasteiger partial charge in [0.25, 0.3) is 0 Å². The van der Waals surface area contributed by atoms with Gasteiger partial charge in [0.2, 0.25) is 0 Å². The summed E-state index contributed by atoms with van der Waals surface area (Å²) in [6.45, 7) is 4.77. The fourth-order valence-electron chi connectivity index (χ4n) is 2.37. The minimum atomic E-state index is -0.992. The number of rotatable bonds is 5. The van der Waals surface area contributed by atoms with Gasteiger partial charge in [-0.1, -0.05) is 19.8 Å². The van der Waals surface area contributed by atoms with E-state index in [9.17, 15) is 14.7 Å². The third-order valence-electron chi connectivity index (χ3n) is 3.79. The van der Waals surface area contributed by atoms with Gasteiger partial charge >= 0.3 is 12.0 Å². The van der Waals surface area contributed by atoms with Gasteiger partial charge in [0.1, 0.15) is 6.04 Å². The van der Waals surface area contributed by atoms with Crippen molar-refractivity contribution in [3.8, 4) is 0 Å². The van der Waals surface area contributed by atoms with Gasteiger partial charge in [-0.05, 0) is 32.6 Å². The van der Waals surface area contributed by atoms with Crippen molar-refractivity contribution in [1.29, 1.82) is 0 Å². The molecular weight excluding hydrogens is 260 g/mol. The van der Waals surface area contributed by atoms with Crippen LogP contribution in [0.2, 0.25) is 0 Å². The number of hydrogen-bond acceptors (Lipinski definition) is 3. The summed E-state index contributed by atoms with van der Waals surface area (Å²) < 4.78 is 0. The normalized spacial score (nSPS) is 24.9. The Kier molecular flexibility index (Phi) is 6.26. The molecule has 1 heterocycles. The summed E-state index contributed by atoms with van der Waals surface area (Å²) in [4.78, 5) is 24.8. The van der Waals surface area contributed by atoms with Crippen molar-refractivity contribution in [3.63, 3.8) is 0 Å². The minimum Gasteiger partial charge on any atom is -0.480 e. The van der Waals surface area contributed by atoms with Crippen LogP contribution in [0.4, 0.5) is 4.79 Å². The van der Waals surface area contributed by atoms with Crippen LogP contribution in [0.15, 0.2) is 0 Å². The number of amides is 2. The Morgan fingerprint density at radius 2 is 2.05 bits per heavy atom. The van der Waals surface area contributed by atoms with E-state index in [4.69, 9.17) is 5.11 Å². The van der Waals surface area contributed by atoms with Crippen molar-refractivity contribution in [2.45, 2.75) is 64.0 Å². The number of carbonyl (C=O) groups excluding carboxylic acids is 1. The molecule has 6 heteroatoms. The SMILES string of the molecule is CCCCC(NC(=O)N1CCCC(C)(O)CC1)C(=O)O. The largest absolute Gasteiger partial charge is 0.480 e. The maximum Gasteiger partial charge on any atom is 0.326 e. The molecule has 0 spiro atoms. The predicted molar refractivity (Wildman–Crippen MR) is 75.5 cm³/mol. The van der Waals surface area contributed by atoms with E-state index in [1.165, 1.54) is 0 Å². The van der Waals surface area contributed by atoms with Gasteiger partial charge in [-0.2, -0.15) is 0 Å². The van der Waals surface area contributed by atoms with Crippen LogP contribution in [0.1, 0.15) is 52.4 Å². The molecule has 3 N–H and O–H groups in total. The Labute approximate surface area is 120 Å². The van der Waals surface area contributed by atoms with Crippen molar-refractivity contribution in [2.75, 3.05) is 13.1 Å². The maximum atomic E-state index is 12.1. The molecule has 1 saturated heterocycles. The first kappa shape index (κ1) is 16.8. The smallest absolute Gasteiger partial charge is 0.326 e. The number of unbranched alkanes of at least 4 members (excludes halogenated alkanes) is 1. The summed E-state index contributed by atoms with van der Waals surface area (Å²) in [5.41, 5.74) is -0.733. The molecule has 1 fully saturated rings. The lowest BCUT2D eigenvalue weighted by molar-refractivity contribution is -0.139. The zero-order valence-corrected chi connectivity index (χ0v) is 12.4. The van der Waals surface area contributed by atoms with Crippen molar-refractivity contribution in [3.05, 3.63) is 0 Å². The second-order valence-electron chi connectivity index (χ2n) is 5.82.